The average Bonchev–Trinajstić information content (AvgIpc) is 3.10. The van der Waals surface area contributed by atoms with Crippen molar-refractivity contribution in [3.8, 4) is 5.88 Å². The third kappa shape index (κ3) is 3.21. The van der Waals surface area contributed by atoms with Gasteiger partial charge in [-0.2, -0.15) is 5.10 Å². The van der Waals surface area contributed by atoms with Crippen molar-refractivity contribution in [3.63, 3.8) is 0 Å². The van der Waals surface area contributed by atoms with Crippen LogP contribution < -0.4 is 4.74 Å². The molecule has 3 heterocycles. The highest BCUT2D eigenvalue weighted by Gasteiger charge is 2.29. The summed E-state index contributed by atoms with van der Waals surface area (Å²) in [5.41, 5.74) is 1.99. The second-order valence-electron chi connectivity index (χ2n) is 5.28. The fourth-order valence-corrected chi connectivity index (χ4v) is 3.19. The minimum atomic E-state index is -0.00739. The Kier molecular flexibility index (Phi) is 3.88. The van der Waals surface area contributed by atoms with Crippen molar-refractivity contribution in [1.82, 2.24) is 15.1 Å². The van der Waals surface area contributed by atoms with Crippen LogP contribution in [0.1, 0.15) is 27.3 Å². The first-order valence-electron chi connectivity index (χ1n) is 6.93. The number of likely N-dealkylation sites (tertiary alicyclic amines) is 1. The molecule has 21 heavy (non-hydrogen) atoms. The van der Waals surface area contributed by atoms with Crippen molar-refractivity contribution in [2.45, 2.75) is 26.4 Å². The lowest BCUT2D eigenvalue weighted by Gasteiger charge is -2.16. The molecule has 1 saturated heterocycles. The molecule has 0 aromatic carbocycles. The number of ether oxygens (including phenoxy) is 1. The fourth-order valence-electron chi connectivity index (χ4n) is 2.33. The topological polar surface area (TPSA) is 55.3 Å². The molecule has 0 N–H and O–H groups in total. The van der Waals surface area contributed by atoms with Crippen LogP contribution in [0, 0.1) is 13.8 Å². The van der Waals surface area contributed by atoms with Crippen LogP contribution in [0.4, 0.5) is 0 Å². The predicted molar refractivity (Wildman–Crippen MR) is 80.8 cm³/mol. The molecular weight excluding hydrogens is 286 g/mol. The number of aryl methyl sites for hydroxylation is 2. The van der Waals surface area contributed by atoms with E-state index in [1.165, 1.54) is 11.3 Å². The van der Waals surface area contributed by atoms with Crippen molar-refractivity contribution in [2.75, 3.05) is 13.1 Å². The molecule has 5 nitrogen and oxygen atoms in total. The van der Waals surface area contributed by atoms with Gasteiger partial charge in [0, 0.05) is 19.0 Å². The van der Waals surface area contributed by atoms with Gasteiger partial charge in [-0.15, -0.1) is 16.4 Å². The molecule has 3 rings (SSSR count). The highest BCUT2D eigenvalue weighted by atomic mass is 32.1. The molecule has 0 aliphatic carbocycles. The van der Waals surface area contributed by atoms with Gasteiger partial charge in [0.05, 0.1) is 17.1 Å². The lowest BCUT2D eigenvalue weighted by molar-refractivity contribution is 0.0775. The van der Waals surface area contributed by atoms with E-state index < -0.39 is 0 Å². The summed E-state index contributed by atoms with van der Waals surface area (Å²) in [6.07, 6.45) is 0.818. The highest BCUT2D eigenvalue weighted by Crippen LogP contribution is 2.21. The SMILES string of the molecule is Cc1csc(C(=O)N2CCC(Oc3ccc(C)nn3)C2)c1. The van der Waals surface area contributed by atoms with Gasteiger partial charge in [0.1, 0.15) is 6.10 Å². The van der Waals surface area contributed by atoms with Crippen LogP contribution in [0.25, 0.3) is 0 Å². The smallest absolute Gasteiger partial charge is 0.264 e. The number of carbonyl (C=O) groups is 1. The molecule has 110 valence electrons. The summed E-state index contributed by atoms with van der Waals surface area (Å²) in [4.78, 5) is 15.0. The molecule has 1 aliphatic rings. The van der Waals surface area contributed by atoms with E-state index in [4.69, 9.17) is 4.74 Å². The molecule has 0 spiro atoms. The van der Waals surface area contributed by atoms with E-state index in [-0.39, 0.29) is 12.0 Å². The van der Waals surface area contributed by atoms with Gasteiger partial charge in [0.15, 0.2) is 0 Å². The number of aromatic nitrogens is 2. The van der Waals surface area contributed by atoms with E-state index in [0.717, 1.165) is 29.1 Å². The minimum absolute atomic E-state index is 0.00739. The van der Waals surface area contributed by atoms with E-state index in [2.05, 4.69) is 10.2 Å². The van der Waals surface area contributed by atoms with Crippen molar-refractivity contribution >= 4 is 17.2 Å². The van der Waals surface area contributed by atoms with Gasteiger partial charge in [-0.1, -0.05) is 0 Å². The predicted octanol–water partition coefficient (Wildman–Crippen LogP) is 2.45. The zero-order chi connectivity index (χ0) is 14.8. The van der Waals surface area contributed by atoms with Crippen LogP contribution in [-0.4, -0.2) is 40.2 Å². The van der Waals surface area contributed by atoms with E-state index >= 15 is 0 Å². The lowest BCUT2D eigenvalue weighted by Crippen LogP contribution is -2.30. The monoisotopic (exact) mass is 303 g/mol. The number of nitrogens with zero attached hydrogens (tertiary/aromatic N) is 3. The number of amides is 1. The van der Waals surface area contributed by atoms with Gasteiger partial charge in [-0.3, -0.25) is 4.79 Å². The van der Waals surface area contributed by atoms with Crippen LogP contribution in [0.15, 0.2) is 23.6 Å². The molecule has 0 saturated carbocycles. The first-order valence-corrected chi connectivity index (χ1v) is 7.81. The maximum Gasteiger partial charge on any atom is 0.264 e. The average molecular weight is 303 g/mol. The zero-order valence-electron chi connectivity index (χ0n) is 12.1. The van der Waals surface area contributed by atoms with Crippen molar-refractivity contribution in [2.24, 2.45) is 0 Å². The van der Waals surface area contributed by atoms with Crippen LogP contribution in [0.5, 0.6) is 5.88 Å². The van der Waals surface area contributed by atoms with E-state index in [1.807, 2.05) is 42.3 Å². The van der Waals surface area contributed by atoms with Gasteiger partial charge in [-0.05, 0) is 36.9 Å². The Morgan fingerprint density at radius 2 is 2.24 bits per heavy atom. The number of hydrogen-bond donors (Lipinski definition) is 0. The molecule has 1 amide bonds. The highest BCUT2D eigenvalue weighted by molar-refractivity contribution is 7.12. The normalized spacial score (nSPS) is 18.0. The van der Waals surface area contributed by atoms with Gasteiger partial charge in [0.25, 0.3) is 5.91 Å². The summed E-state index contributed by atoms with van der Waals surface area (Å²) in [5.74, 6) is 0.612. The van der Waals surface area contributed by atoms with Crippen molar-refractivity contribution in [3.05, 3.63) is 39.7 Å². The first-order chi connectivity index (χ1) is 10.1. The van der Waals surface area contributed by atoms with E-state index in [9.17, 15) is 4.79 Å². The van der Waals surface area contributed by atoms with Gasteiger partial charge < -0.3 is 9.64 Å². The van der Waals surface area contributed by atoms with Gasteiger partial charge in [0.2, 0.25) is 5.88 Å². The summed E-state index contributed by atoms with van der Waals surface area (Å²) < 4.78 is 5.79. The Balaban J connectivity index is 1.60. The Morgan fingerprint density at radius 3 is 2.90 bits per heavy atom. The Bertz CT molecular complexity index is 639. The van der Waals surface area contributed by atoms with Crippen molar-refractivity contribution in [1.29, 1.82) is 0 Å². The second kappa shape index (κ2) is 5.81. The lowest BCUT2D eigenvalue weighted by atomic mass is 10.3. The van der Waals surface area contributed by atoms with Crippen LogP contribution >= 0.6 is 11.3 Å². The van der Waals surface area contributed by atoms with Crippen LogP contribution in [0.2, 0.25) is 0 Å². The van der Waals surface area contributed by atoms with E-state index in [1.54, 1.807) is 0 Å². The Labute approximate surface area is 127 Å². The molecule has 1 atom stereocenters. The minimum Gasteiger partial charge on any atom is -0.471 e. The molecule has 1 unspecified atom stereocenters. The number of rotatable bonds is 3. The second-order valence-corrected chi connectivity index (χ2v) is 6.19. The molecule has 0 radical (unpaired) electrons. The standard InChI is InChI=1S/C15H17N3O2S/c1-10-7-13(21-9-10)15(19)18-6-5-12(8-18)20-14-4-3-11(2)16-17-14/h3-4,7,9,12H,5-6,8H2,1-2H3. The molecule has 1 aliphatic heterocycles. The molecular formula is C15H17N3O2S. The Morgan fingerprint density at radius 1 is 1.38 bits per heavy atom. The number of carbonyl (C=O) groups excluding carboxylic acids is 1. The number of thiophene rings is 1. The maximum atomic E-state index is 12.4. The molecule has 6 heteroatoms. The van der Waals surface area contributed by atoms with Gasteiger partial charge in [-0.25, -0.2) is 0 Å². The molecule has 1 fully saturated rings. The van der Waals surface area contributed by atoms with Gasteiger partial charge >= 0.3 is 0 Å². The number of hydrogen-bond acceptors (Lipinski definition) is 5. The van der Waals surface area contributed by atoms with Crippen molar-refractivity contribution < 1.29 is 9.53 Å². The summed E-state index contributed by atoms with van der Waals surface area (Å²) in [6.45, 7) is 5.21. The summed E-state index contributed by atoms with van der Waals surface area (Å²) in [7, 11) is 0. The molecule has 0 bridgehead atoms. The van der Waals surface area contributed by atoms with Crippen LogP contribution in [-0.2, 0) is 0 Å². The summed E-state index contributed by atoms with van der Waals surface area (Å²) in [5, 5.41) is 9.97. The maximum absolute atomic E-state index is 12.4. The molecule has 2 aromatic rings. The molecule has 2 aromatic heterocycles. The Hall–Kier alpha value is -1.95. The summed E-state index contributed by atoms with van der Waals surface area (Å²) >= 11 is 1.50. The van der Waals surface area contributed by atoms with Crippen LogP contribution in [0.3, 0.4) is 0 Å². The third-order valence-corrected chi connectivity index (χ3v) is 4.47. The van der Waals surface area contributed by atoms with E-state index in [0.29, 0.717) is 12.4 Å². The first kappa shape index (κ1) is 14.0. The third-order valence-electron chi connectivity index (χ3n) is 3.43. The quantitative estimate of drug-likeness (QED) is 0.874. The summed E-state index contributed by atoms with van der Waals surface area (Å²) in [6, 6.07) is 5.62. The largest absolute Gasteiger partial charge is 0.471 e. The fraction of sp³-hybridized carbons (Fsp3) is 0.400. The zero-order valence-corrected chi connectivity index (χ0v) is 12.9.